The zero-order chi connectivity index (χ0) is 22.2. The number of carbonyl (C=O) groups is 3. The summed E-state index contributed by atoms with van der Waals surface area (Å²) in [5.74, 6) is -0.234. The second-order valence-corrected chi connectivity index (χ2v) is 8.49. The Kier molecular flexibility index (Phi) is 5.43. The van der Waals surface area contributed by atoms with Crippen LogP contribution in [0.25, 0.3) is 0 Å². The van der Waals surface area contributed by atoms with Crippen LogP contribution in [-0.2, 0) is 22.4 Å². The third kappa shape index (κ3) is 3.76. The minimum Gasteiger partial charge on any atom is -0.496 e. The maximum Gasteiger partial charge on any atom is 0.252 e. The van der Waals surface area contributed by atoms with E-state index in [0.29, 0.717) is 24.3 Å². The molecule has 1 spiro atoms. The topological polar surface area (TPSA) is 79.0 Å². The monoisotopic (exact) mass is 421 g/mol. The summed E-state index contributed by atoms with van der Waals surface area (Å²) in [5.41, 5.74) is 1.51. The van der Waals surface area contributed by atoms with Crippen molar-refractivity contribution in [1.82, 2.24) is 15.1 Å². The van der Waals surface area contributed by atoms with Gasteiger partial charge in [0.25, 0.3) is 5.91 Å². The fourth-order valence-corrected chi connectivity index (χ4v) is 4.73. The van der Waals surface area contributed by atoms with Gasteiger partial charge in [-0.1, -0.05) is 36.4 Å². The number of fused-ring (bicyclic) bond motifs is 1. The summed E-state index contributed by atoms with van der Waals surface area (Å²) in [4.78, 5) is 42.4. The van der Waals surface area contributed by atoms with Crippen molar-refractivity contribution in [3.8, 4) is 5.75 Å². The first-order valence-corrected chi connectivity index (χ1v) is 10.4. The zero-order valence-corrected chi connectivity index (χ0v) is 18.1. The van der Waals surface area contributed by atoms with E-state index in [4.69, 9.17) is 4.74 Å². The predicted octanol–water partition coefficient (Wildman–Crippen LogP) is 1.51. The van der Waals surface area contributed by atoms with Gasteiger partial charge in [0.05, 0.1) is 25.0 Å². The predicted molar refractivity (Wildman–Crippen MR) is 116 cm³/mol. The van der Waals surface area contributed by atoms with Gasteiger partial charge in [-0.05, 0) is 24.1 Å². The van der Waals surface area contributed by atoms with Crippen LogP contribution in [0, 0.1) is 5.92 Å². The number of methoxy groups -OCH3 is 1. The van der Waals surface area contributed by atoms with Crippen LogP contribution in [-0.4, -0.2) is 67.4 Å². The maximum atomic E-state index is 13.2. The Hall–Kier alpha value is -3.35. The number of nitrogens with zero attached hydrogens (tertiary/aromatic N) is 2. The molecule has 7 heteroatoms. The van der Waals surface area contributed by atoms with E-state index in [-0.39, 0.29) is 30.7 Å². The van der Waals surface area contributed by atoms with Gasteiger partial charge in [0.2, 0.25) is 11.8 Å². The van der Waals surface area contributed by atoms with Gasteiger partial charge in [-0.15, -0.1) is 0 Å². The van der Waals surface area contributed by atoms with E-state index in [1.807, 2.05) is 42.5 Å². The van der Waals surface area contributed by atoms with Gasteiger partial charge in [-0.3, -0.25) is 14.4 Å². The fourth-order valence-electron chi connectivity index (χ4n) is 4.73. The van der Waals surface area contributed by atoms with Gasteiger partial charge < -0.3 is 19.9 Å². The molecule has 1 saturated heterocycles. The number of nitrogens with one attached hydrogen (secondary N) is 1. The molecular weight excluding hydrogens is 394 g/mol. The summed E-state index contributed by atoms with van der Waals surface area (Å²) in [6.45, 7) is 0.568. The molecule has 4 rings (SSSR count). The van der Waals surface area contributed by atoms with Crippen molar-refractivity contribution in [2.75, 3.05) is 34.3 Å². The molecule has 162 valence electrons. The molecular formula is C24H27N3O4. The van der Waals surface area contributed by atoms with Crippen molar-refractivity contribution >= 4 is 17.7 Å². The quantitative estimate of drug-likeness (QED) is 0.812. The van der Waals surface area contributed by atoms with Crippen LogP contribution in [0.5, 0.6) is 5.75 Å². The normalized spacial score (nSPS) is 22.1. The molecule has 0 unspecified atom stereocenters. The zero-order valence-electron chi connectivity index (χ0n) is 18.1. The number of ether oxygens (including phenoxy) is 1. The van der Waals surface area contributed by atoms with E-state index in [1.54, 1.807) is 32.2 Å². The molecule has 7 nitrogen and oxygen atoms in total. The smallest absolute Gasteiger partial charge is 0.252 e. The second kappa shape index (κ2) is 8.06. The summed E-state index contributed by atoms with van der Waals surface area (Å²) in [7, 11) is 4.98. The Bertz CT molecular complexity index is 1030. The van der Waals surface area contributed by atoms with Crippen LogP contribution in [0.2, 0.25) is 0 Å². The molecule has 2 atom stereocenters. The van der Waals surface area contributed by atoms with Gasteiger partial charge >= 0.3 is 0 Å². The highest BCUT2D eigenvalue weighted by molar-refractivity contribution is 5.98. The molecule has 0 aromatic heterocycles. The lowest BCUT2D eigenvalue weighted by atomic mass is 9.77. The van der Waals surface area contributed by atoms with Crippen LogP contribution in [0.15, 0.2) is 48.5 Å². The van der Waals surface area contributed by atoms with Gasteiger partial charge in [-0.2, -0.15) is 0 Å². The van der Waals surface area contributed by atoms with Gasteiger partial charge in [0, 0.05) is 38.3 Å². The molecule has 2 aromatic rings. The second-order valence-electron chi connectivity index (χ2n) is 8.49. The highest BCUT2D eigenvalue weighted by atomic mass is 16.5. The van der Waals surface area contributed by atoms with Crippen molar-refractivity contribution in [2.24, 2.45) is 5.92 Å². The van der Waals surface area contributed by atoms with Crippen molar-refractivity contribution in [1.29, 1.82) is 0 Å². The Labute approximate surface area is 182 Å². The Balaban J connectivity index is 1.64. The molecule has 2 aromatic carbocycles. The van der Waals surface area contributed by atoms with Crippen LogP contribution >= 0.6 is 0 Å². The number of hydrogen-bond donors (Lipinski definition) is 1. The van der Waals surface area contributed by atoms with Crippen LogP contribution in [0.1, 0.15) is 21.5 Å². The average Bonchev–Trinajstić information content (AvgIpc) is 3.11. The molecule has 2 aliphatic rings. The van der Waals surface area contributed by atoms with Gasteiger partial charge in [-0.25, -0.2) is 0 Å². The number of rotatable bonds is 4. The molecule has 31 heavy (non-hydrogen) atoms. The first kappa shape index (κ1) is 20.9. The van der Waals surface area contributed by atoms with Crippen molar-refractivity contribution in [3.63, 3.8) is 0 Å². The molecule has 0 radical (unpaired) electrons. The van der Waals surface area contributed by atoms with Gasteiger partial charge in [0.1, 0.15) is 5.75 Å². The minimum absolute atomic E-state index is 0.0905. The number of hydrogen-bond acceptors (Lipinski definition) is 4. The van der Waals surface area contributed by atoms with E-state index in [0.717, 1.165) is 11.1 Å². The van der Waals surface area contributed by atoms with Crippen LogP contribution in [0.4, 0.5) is 0 Å². The van der Waals surface area contributed by atoms with E-state index in [9.17, 15) is 14.4 Å². The van der Waals surface area contributed by atoms with E-state index < -0.39 is 11.5 Å². The molecule has 2 aliphatic heterocycles. The molecule has 0 bridgehead atoms. The summed E-state index contributed by atoms with van der Waals surface area (Å²) < 4.78 is 5.37. The summed E-state index contributed by atoms with van der Waals surface area (Å²) in [6, 6.07) is 14.9. The number of likely N-dealkylation sites (tertiary alicyclic amines) is 1. The number of para-hydroxylation sites is 1. The molecule has 1 N–H and O–H groups in total. The lowest BCUT2D eigenvalue weighted by molar-refractivity contribution is -0.134. The van der Waals surface area contributed by atoms with Crippen LogP contribution < -0.4 is 10.1 Å². The van der Waals surface area contributed by atoms with Crippen LogP contribution in [0.3, 0.4) is 0 Å². The first-order valence-electron chi connectivity index (χ1n) is 10.4. The SMILES string of the molecule is COc1ccccc1CC(=O)N1C[C@@H](C(=O)N(C)C)[C@@]2(Cc3ccccc3C(=O)N2)C1. The maximum absolute atomic E-state index is 13.2. The number of benzene rings is 2. The van der Waals surface area contributed by atoms with Crippen molar-refractivity contribution in [2.45, 2.75) is 18.4 Å². The molecule has 0 aliphatic carbocycles. The Morgan fingerprint density at radius 1 is 1.16 bits per heavy atom. The highest BCUT2D eigenvalue weighted by Crippen LogP contribution is 2.37. The first-order chi connectivity index (χ1) is 14.8. The molecule has 0 saturated carbocycles. The highest BCUT2D eigenvalue weighted by Gasteiger charge is 2.54. The third-order valence-corrected chi connectivity index (χ3v) is 6.30. The fraction of sp³-hybridized carbons (Fsp3) is 0.375. The average molecular weight is 421 g/mol. The third-order valence-electron chi connectivity index (χ3n) is 6.30. The van der Waals surface area contributed by atoms with Gasteiger partial charge in [0.15, 0.2) is 0 Å². The number of amides is 3. The largest absolute Gasteiger partial charge is 0.496 e. The Morgan fingerprint density at radius 2 is 1.87 bits per heavy atom. The molecule has 1 fully saturated rings. The van der Waals surface area contributed by atoms with Crippen molar-refractivity contribution in [3.05, 3.63) is 65.2 Å². The van der Waals surface area contributed by atoms with E-state index in [1.165, 1.54) is 4.90 Å². The van der Waals surface area contributed by atoms with E-state index in [2.05, 4.69) is 5.32 Å². The number of carbonyl (C=O) groups excluding carboxylic acids is 3. The summed E-state index contributed by atoms with van der Waals surface area (Å²) >= 11 is 0. The standard InChI is InChI=1S/C24H27N3O4/c1-26(2)23(30)19-14-27(21(28)12-16-8-5-7-11-20(16)31-3)15-24(19)13-17-9-4-6-10-18(17)22(29)25-24/h4-11,19H,12-15H2,1-3H3,(H,25,29)/t19-,24+/m0/s1. The molecule has 2 heterocycles. The molecule has 3 amide bonds. The van der Waals surface area contributed by atoms with Crippen molar-refractivity contribution < 1.29 is 19.1 Å². The minimum atomic E-state index is -0.816. The summed E-state index contributed by atoms with van der Waals surface area (Å²) in [5, 5.41) is 3.10. The summed E-state index contributed by atoms with van der Waals surface area (Å²) in [6.07, 6.45) is 0.686. The Morgan fingerprint density at radius 3 is 2.61 bits per heavy atom. The van der Waals surface area contributed by atoms with E-state index >= 15 is 0 Å². The lowest BCUT2D eigenvalue weighted by Gasteiger charge is -2.39. The lowest BCUT2D eigenvalue weighted by Crippen LogP contribution is -2.61.